The van der Waals surface area contributed by atoms with Gasteiger partial charge in [0.05, 0.1) is 23.0 Å². The number of alkyl halides is 3. The Kier molecular flexibility index (Phi) is 5.70. The van der Waals surface area contributed by atoms with Crippen LogP contribution in [-0.2, 0) is 12.7 Å². The Morgan fingerprint density at radius 2 is 2.07 bits per heavy atom. The minimum Gasteiger partial charge on any atom is -0.399 e. The molecule has 2 aromatic rings. The molecule has 1 aliphatic heterocycles. The second-order valence-corrected chi connectivity index (χ2v) is 6.75. The van der Waals surface area contributed by atoms with Crippen LogP contribution in [0.25, 0.3) is 0 Å². The normalized spacial score (nSPS) is 17.4. The van der Waals surface area contributed by atoms with Crippen LogP contribution >= 0.6 is 0 Å². The Labute approximate surface area is 169 Å². The first-order valence-corrected chi connectivity index (χ1v) is 9.15. The fourth-order valence-corrected chi connectivity index (χ4v) is 3.27. The number of nitrogens with zero attached hydrogens (tertiary/aromatic N) is 5. The topological polar surface area (TPSA) is 106 Å². The van der Waals surface area contributed by atoms with Gasteiger partial charge in [-0.2, -0.15) is 18.3 Å². The molecule has 3 heterocycles. The summed E-state index contributed by atoms with van der Waals surface area (Å²) >= 11 is 0. The molecule has 8 nitrogen and oxygen atoms in total. The van der Waals surface area contributed by atoms with E-state index in [0.717, 1.165) is 12.3 Å². The fourth-order valence-electron chi connectivity index (χ4n) is 3.27. The number of rotatable bonds is 4. The van der Waals surface area contributed by atoms with Gasteiger partial charge in [-0.3, -0.25) is 14.5 Å². The summed E-state index contributed by atoms with van der Waals surface area (Å²) in [6.07, 6.45) is -2.29. The molecule has 0 saturated carbocycles. The fraction of sp³-hybridized carbons (Fsp3) is 0.389. The zero-order chi connectivity index (χ0) is 22.2. The SMILES string of the molecule is CCn1ccc(N(N)C2=C(N)C(C)N(C(=O)c3ccnc(C(F)(F)F)c3F)CC2)n1. The van der Waals surface area contributed by atoms with Crippen LogP contribution in [0.1, 0.15) is 36.3 Å². The van der Waals surface area contributed by atoms with Crippen molar-refractivity contribution in [3.05, 3.63) is 53.0 Å². The van der Waals surface area contributed by atoms with Crippen molar-refractivity contribution in [1.82, 2.24) is 19.7 Å². The lowest BCUT2D eigenvalue weighted by molar-refractivity contribution is -0.143. The van der Waals surface area contributed by atoms with Crippen LogP contribution in [0.5, 0.6) is 0 Å². The molecule has 3 rings (SSSR count). The van der Waals surface area contributed by atoms with Gasteiger partial charge in [-0.15, -0.1) is 0 Å². The first-order chi connectivity index (χ1) is 14.1. The summed E-state index contributed by atoms with van der Waals surface area (Å²) in [5.74, 6) is 3.98. The molecule has 162 valence electrons. The Hall–Kier alpha value is -3.15. The number of carbonyl (C=O) groups is 1. The number of amides is 1. The minimum atomic E-state index is -5.01. The van der Waals surface area contributed by atoms with Crippen molar-refractivity contribution in [3.8, 4) is 0 Å². The van der Waals surface area contributed by atoms with Crippen LogP contribution in [0.3, 0.4) is 0 Å². The first kappa shape index (κ1) is 21.6. The molecule has 1 amide bonds. The third-order valence-corrected chi connectivity index (χ3v) is 4.98. The molecular weight excluding hydrogens is 406 g/mol. The first-order valence-electron chi connectivity index (χ1n) is 9.15. The molecule has 12 heteroatoms. The molecular formula is C18H21F4N7O. The predicted molar refractivity (Wildman–Crippen MR) is 100 cm³/mol. The van der Waals surface area contributed by atoms with Gasteiger partial charge < -0.3 is 10.6 Å². The number of nitrogens with two attached hydrogens (primary N) is 2. The lowest BCUT2D eigenvalue weighted by Gasteiger charge is -2.37. The molecule has 30 heavy (non-hydrogen) atoms. The molecule has 0 aromatic carbocycles. The molecule has 0 saturated heterocycles. The Balaban J connectivity index is 1.88. The van der Waals surface area contributed by atoms with E-state index in [4.69, 9.17) is 11.6 Å². The van der Waals surface area contributed by atoms with E-state index in [1.807, 2.05) is 6.92 Å². The van der Waals surface area contributed by atoms with Crippen molar-refractivity contribution in [1.29, 1.82) is 0 Å². The van der Waals surface area contributed by atoms with Crippen molar-refractivity contribution < 1.29 is 22.4 Å². The lowest BCUT2D eigenvalue weighted by Crippen LogP contribution is -2.49. The van der Waals surface area contributed by atoms with E-state index >= 15 is 0 Å². The maximum absolute atomic E-state index is 14.3. The molecule has 0 spiro atoms. The van der Waals surface area contributed by atoms with Crippen LogP contribution < -0.4 is 16.6 Å². The second-order valence-electron chi connectivity index (χ2n) is 6.75. The van der Waals surface area contributed by atoms with Gasteiger partial charge >= 0.3 is 6.18 Å². The highest BCUT2D eigenvalue weighted by molar-refractivity contribution is 5.95. The van der Waals surface area contributed by atoms with Crippen molar-refractivity contribution >= 4 is 11.7 Å². The maximum atomic E-state index is 14.3. The third kappa shape index (κ3) is 3.82. The average Bonchev–Trinajstić information content (AvgIpc) is 3.17. The van der Waals surface area contributed by atoms with E-state index in [9.17, 15) is 22.4 Å². The summed E-state index contributed by atoms with van der Waals surface area (Å²) < 4.78 is 54.8. The van der Waals surface area contributed by atoms with E-state index in [1.165, 1.54) is 9.91 Å². The smallest absolute Gasteiger partial charge is 0.399 e. The molecule has 0 radical (unpaired) electrons. The van der Waals surface area contributed by atoms with E-state index in [0.29, 0.717) is 18.1 Å². The van der Waals surface area contributed by atoms with Gasteiger partial charge in [0, 0.05) is 38.0 Å². The molecule has 4 N–H and O–H groups in total. The largest absolute Gasteiger partial charge is 0.436 e. The van der Waals surface area contributed by atoms with Crippen LogP contribution in [0.15, 0.2) is 35.9 Å². The van der Waals surface area contributed by atoms with Crippen molar-refractivity contribution in [2.45, 2.75) is 39.0 Å². The summed E-state index contributed by atoms with van der Waals surface area (Å²) in [5.41, 5.74) is 4.51. The van der Waals surface area contributed by atoms with Gasteiger partial charge in [-0.05, 0) is 19.9 Å². The van der Waals surface area contributed by atoms with Gasteiger partial charge in [0.15, 0.2) is 17.3 Å². The number of hydrazine groups is 1. The van der Waals surface area contributed by atoms with Crippen LogP contribution in [-0.4, -0.2) is 38.2 Å². The zero-order valence-electron chi connectivity index (χ0n) is 16.3. The van der Waals surface area contributed by atoms with Crippen molar-refractivity contribution in [2.24, 2.45) is 11.6 Å². The third-order valence-electron chi connectivity index (χ3n) is 4.98. The maximum Gasteiger partial charge on any atom is 0.436 e. The summed E-state index contributed by atoms with van der Waals surface area (Å²) in [4.78, 5) is 17.0. The number of aryl methyl sites for hydroxylation is 1. The number of aromatic nitrogens is 3. The number of halogens is 4. The summed E-state index contributed by atoms with van der Waals surface area (Å²) in [6, 6.07) is 1.90. The Morgan fingerprint density at radius 1 is 1.37 bits per heavy atom. The highest BCUT2D eigenvalue weighted by Gasteiger charge is 2.39. The molecule has 1 aliphatic rings. The Morgan fingerprint density at radius 3 is 2.67 bits per heavy atom. The summed E-state index contributed by atoms with van der Waals surface area (Å²) in [5, 5.41) is 5.61. The van der Waals surface area contributed by atoms with E-state index in [-0.39, 0.29) is 18.7 Å². The monoisotopic (exact) mass is 427 g/mol. The van der Waals surface area contributed by atoms with Gasteiger partial charge in [-0.1, -0.05) is 0 Å². The number of pyridine rings is 1. The van der Waals surface area contributed by atoms with Crippen molar-refractivity contribution in [2.75, 3.05) is 11.6 Å². The van der Waals surface area contributed by atoms with E-state index in [1.54, 1.807) is 23.9 Å². The molecule has 1 unspecified atom stereocenters. The minimum absolute atomic E-state index is 0.0847. The molecule has 2 aromatic heterocycles. The lowest BCUT2D eigenvalue weighted by atomic mass is 10.0. The van der Waals surface area contributed by atoms with E-state index < -0.39 is 35.2 Å². The zero-order valence-corrected chi connectivity index (χ0v) is 16.3. The molecule has 0 fully saturated rings. The van der Waals surface area contributed by atoms with Gasteiger partial charge in [0.25, 0.3) is 5.91 Å². The Bertz CT molecular complexity index is 985. The van der Waals surface area contributed by atoms with Gasteiger partial charge in [-0.25, -0.2) is 15.2 Å². The predicted octanol–water partition coefficient (Wildman–Crippen LogP) is 2.24. The highest BCUT2D eigenvalue weighted by atomic mass is 19.4. The standard InChI is InChI=1S/C18H21F4N7O/c1-3-27-8-6-13(26-27)29(24)12-5-9-28(10(2)15(12)23)17(30)11-4-7-25-16(14(11)19)18(20,21)22/h4,6-8,10H,3,5,9,23-24H2,1-2H3. The summed E-state index contributed by atoms with van der Waals surface area (Å²) in [6.45, 7) is 4.24. The van der Waals surface area contributed by atoms with Crippen LogP contribution in [0, 0.1) is 5.82 Å². The van der Waals surface area contributed by atoms with Crippen LogP contribution in [0.2, 0.25) is 0 Å². The highest BCUT2D eigenvalue weighted by Crippen LogP contribution is 2.32. The van der Waals surface area contributed by atoms with Crippen LogP contribution in [0.4, 0.5) is 23.4 Å². The van der Waals surface area contributed by atoms with E-state index in [2.05, 4.69) is 10.1 Å². The summed E-state index contributed by atoms with van der Waals surface area (Å²) in [7, 11) is 0. The number of carbonyl (C=O) groups excluding carboxylic acids is 1. The molecule has 0 aliphatic carbocycles. The number of hydrogen-bond donors (Lipinski definition) is 2. The van der Waals surface area contributed by atoms with Gasteiger partial charge in [0.1, 0.15) is 0 Å². The van der Waals surface area contributed by atoms with Gasteiger partial charge in [0.2, 0.25) is 0 Å². The molecule has 0 bridgehead atoms. The average molecular weight is 427 g/mol. The number of anilines is 1. The quantitative estimate of drug-likeness (QED) is 0.440. The second kappa shape index (κ2) is 7.94. The molecule has 1 atom stereocenters. The van der Waals surface area contributed by atoms with Crippen molar-refractivity contribution in [3.63, 3.8) is 0 Å². The number of hydrogen-bond acceptors (Lipinski definition) is 6.